The number of anilines is 1. The fourth-order valence-electron chi connectivity index (χ4n) is 3.56. The van der Waals surface area contributed by atoms with Crippen molar-refractivity contribution in [3.8, 4) is 23.3 Å². The zero-order chi connectivity index (χ0) is 20.1. The Hall–Kier alpha value is -3.60. The average Bonchev–Trinajstić information content (AvgIpc) is 3.28. The van der Waals surface area contributed by atoms with E-state index in [4.69, 9.17) is 14.7 Å². The van der Waals surface area contributed by atoms with Gasteiger partial charge in [0.05, 0.1) is 31.0 Å². The lowest BCUT2D eigenvalue weighted by molar-refractivity contribution is 0.220. The molecule has 2 aromatic carbocycles. The normalized spacial score (nSPS) is 16.3. The van der Waals surface area contributed by atoms with Crippen molar-refractivity contribution < 1.29 is 9.47 Å². The molecule has 1 atom stereocenters. The van der Waals surface area contributed by atoms with E-state index in [1.807, 2.05) is 30.3 Å². The summed E-state index contributed by atoms with van der Waals surface area (Å²) in [7, 11) is 1.58. The van der Waals surface area contributed by atoms with Crippen LogP contribution in [0.4, 0.5) is 5.95 Å². The van der Waals surface area contributed by atoms with Gasteiger partial charge in [0.2, 0.25) is 5.95 Å². The van der Waals surface area contributed by atoms with Crippen molar-refractivity contribution in [2.24, 2.45) is 5.92 Å². The lowest BCUT2D eigenvalue weighted by Gasteiger charge is -2.32. The smallest absolute Gasteiger partial charge is 0.250 e. The number of methoxy groups -OCH3 is 1. The molecule has 2 heterocycles. The molecule has 0 amide bonds. The van der Waals surface area contributed by atoms with Gasteiger partial charge >= 0.3 is 0 Å². The number of nitriles is 1. The molecule has 29 heavy (non-hydrogen) atoms. The van der Waals surface area contributed by atoms with Crippen LogP contribution < -0.4 is 14.4 Å². The van der Waals surface area contributed by atoms with Crippen LogP contribution in [0.3, 0.4) is 0 Å². The summed E-state index contributed by atoms with van der Waals surface area (Å²) < 4.78 is 13.2. The molecule has 0 bridgehead atoms. The van der Waals surface area contributed by atoms with Crippen LogP contribution in [0.25, 0.3) is 5.69 Å². The Kier molecular flexibility index (Phi) is 5.56. The number of nitrogens with zero attached hydrogens (tertiary/aromatic N) is 6. The second-order valence-corrected chi connectivity index (χ2v) is 6.97. The number of ether oxygens (including phenoxy) is 2. The van der Waals surface area contributed by atoms with Crippen LogP contribution in [-0.2, 0) is 0 Å². The number of aromatic nitrogens is 4. The van der Waals surface area contributed by atoms with Crippen LogP contribution in [-0.4, -0.2) is 47.0 Å². The maximum atomic E-state index is 9.04. The van der Waals surface area contributed by atoms with Crippen LogP contribution in [0.1, 0.15) is 18.4 Å². The van der Waals surface area contributed by atoms with E-state index in [0.29, 0.717) is 29.6 Å². The molecule has 1 aromatic heterocycles. The summed E-state index contributed by atoms with van der Waals surface area (Å²) in [5.74, 6) is 2.31. The van der Waals surface area contributed by atoms with Crippen molar-refractivity contribution in [1.29, 1.82) is 5.26 Å². The van der Waals surface area contributed by atoms with Crippen molar-refractivity contribution in [3.63, 3.8) is 0 Å². The molecule has 0 aliphatic carbocycles. The van der Waals surface area contributed by atoms with E-state index < -0.39 is 0 Å². The Labute approximate surface area is 169 Å². The third kappa shape index (κ3) is 4.14. The highest BCUT2D eigenvalue weighted by Gasteiger charge is 2.25. The van der Waals surface area contributed by atoms with Gasteiger partial charge in [0, 0.05) is 25.1 Å². The highest BCUT2D eigenvalue weighted by Crippen LogP contribution is 2.29. The highest BCUT2D eigenvalue weighted by atomic mass is 16.5. The molecule has 4 rings (SSSR count). The van der Waals surface area contributed by atoms with Gasteiger partial charge < -0.3 is 14.4 Å². The number of hydrogen-bond acceptors (Lipinski definition) is 7. The molecular formula is C21H22N6O2. The highest BCUT2D eigenvalue weighted by molar-refractivity contribution is 5.46. The first-order chi connectivity index (χ1) is 14.3. The third-order valence-electron chi connectivity index (χ3n) is 5.02. The van der Waals surface area contributed by atoms with Gasteiger partial charge in [-0.15, -0.1) is 0 Å². The fourth-order valence-corrected chi connectivity index (χ4v) is 3.56. The lowest BCUT2D eigenvalue weighted by Crippen LogP contribution is -2.39. The number of benzene rings is 2. The maximum Gasteiger partial charge on any atom is 0.250 e. The molecule has 0 saturated carbocycles. The molecule has 0 spiro atoms. The average molecular weight is 390 g/mol. The maximum absolute atomic E-state index is 9.04. The number of para-hydroxylation sites is 1. The second kappa shape index (κ2) is 8.61. The fraction of sp³-hybridized carbons (Fsp3) is 0.333. The van der Waals surface area contributed by atoms with Crippen molar-refractivity contribution in [1.82, 2.24) is 20.2 Å². The summed E-state index contributed by atoms with van der Waals surface area (Å²) in [4.78, 5) is 2.21. The number of piperidine rings is 1. The molecule has 1 unspecified atom stereocenters. The van der Waals surface area contributed by atoms with E-state index in [0.717, 1.165) is 37.6 Å². The topological polar surface area (TPSA) is 89.1 Å². The molecule has 8 heteroatoms. The zero-order valence-electron chi connectivity index (χ0n) is 16.2. The Balaban J connectivity index is 1.44. The standard InChI is InChI=1S/C21H22N6O2/c1-28-20-12-16(13-22)9-10-19(20)29-15-17-6-5-11-26(14-17)21-23-24-25-27(21)18-7-3-2-4-8-18/h2-4,7-10,12,17H,5-6,11,14-15H2,1H3. The minimum Gasteiger partial charge on any atom is -0.493 e. The van der Waals surface area contributed by atoms with E-state index in [9.17, 15) is 0 Å². The van der Waals surface area contributed by atoms with E-state index in [1.165, 1.54) is 0 Å². The first-order valence-electron chi connectivity index (χ1n) is 9.58. The van der Waals surface area contributed by atoms with Gasteiger partial charge in [-0.2, -0.15) is 9.94 Å². The quantitative estimate of drug-likeness (QED) is 0.639. The SMILES string of the molecule is COc1cc(C#N)ccc1OCC1CCCN(c2nnnn2-c2ccccc2)C1. The van der Waals surface area contributed by atoms with Crippen molar-refractivity contribution in [3.05, 3.63) is 54.1 Å². The summed E-state index contributed by atoms with van der Waals surface area (Å²) in [6.07, 6.45) is 2.11. The largest absolute Gasteiger partial charge is 0.493 e. The van der Waals surface area contributed by atoms with Crippen LogP contribution in [0.15, 0.2) is 48.5 Å². The minimum absolute atomic E-state index is 0.338. The first-order valence-corrected chi connectivity index (χ1v) is 9.58. The van der Waals surface area contributed by atoms with Crippen LogP contribution in [0, 0.1) is 17.2 Å². The van der Waals surface area contributed by atoms with Crippen molar-refractivity contribution in [2.45, 2.75) is 12.8 Å². The molecule has 0 radical (unpaired) electrons. The van der Waals surface area contributed by atoms with Gasteiger partial charge in [-0.05, 0) is 47.5 Å². The van der Waals surface area contributed by atoms with Gasteiger partial charge in [0.1, 0.15) is 0 Å². The molecular weight excluding hydrogens is 368 g/mol. The summed E-state index contributed by atoms with van der Waals surface area (Å²) in [5, 5.41) is 21.3. The molecule has 0 N–H and O–H groups in total. The summed E-state index contributed by atoms with van der Waals surface area (Å²) in [6.45, 7) is 2.28. The lowest BCUT2D eigenvalue weighted by atomic mass is 9.99. The van der Waals surface area contributed by atoms with Crippen LogP contribution in [0.2, 0.25) is 0 Å². The van der Waals surface area contributed by atoms with Gasteiger partial charge in [-0.3, -0.25) is 0 Å². The second-order valence-electron chi connectivity index (χ2n) is 6.97. The molecule has 1 fully saturated rings. The van der Waals surface area contributed by atoms with E-state index >= 15 is 0 Å². The Morgan fingerprint density at radius 3 is 2.83 bits per heavy atom. The predicted molar refractivity (Wildman–Crippen MR) is 107 cm³/mol. The molecule has 1 aliphatic heterocycles. The van der Waals surface area contributed by atoms with Crippen molar-refractivity contribution in [2.75, 3.05) is 31.7 Å². The van der Waals surface area contributed by atoms with Gasteiger partial charge in [0.15, 0.2) is 11.5 Å². The first kappa shape index (κ1) is 18.7. The van der Waals surface area contributed by atoms with E-state index in [-0.39, 0.29) is 0 Å². The van der Waals surface area contributed by atoms with E-state index in [1.54, 1.807) is 30.0 Å². The number of hydrogen-bond donors (Lipinski definition) is 0. The van der Waals surface area contributed by atoms with Crippen LogP contribution in [0.5, 0.6) is 11.5 Å². The Morgan fingerprint density at radius 1 is 1.17 bits per heavy atom. The Morgan fingerprint density at radius 2 is 2.03 bits per heavy atom. The molecule has 1 saturated heterocycles. The third-order valence-corrected chi connectivity index (χ3v) is 5.02. The number of tetrazole rings is 1. The number of rotatable bonds is 6. The van der Waals surface area contributed by atoms with Gasteiger partial charge in [-0.25, -0.2) is 0 Å². The van der Waals surface area contributed by atoms with Gasteiger partial charge in [0.25, 0.3) is 0 Å². The molecule has 8 nitrogen and oxygen atoms in total. The summed E-state index contributed by atoms with van der Waals surface area (Å²) in [6, 6.07) is 17.2. The zero-order valence-corrected chi connectivity index (χ0v) is 16.2. The van der Waals surface area contributed by atoms with Crippen molar-refractivity contribution >= 4 is 5.95 Å². The van der Waals surface area contributed by atoms with Crippen LogP contribution >= 0.6 is 0 Å². The molecule has 3 aromatic rings. The minimum atomic E-state index is 0.338. The molecule has 1 aliphatic rings. The summed E-state index contributed by atoms with van der Waals surface area (Å²) >= 11 is 0. The van der Waals surface area contributed by atoms with Gasteiger partial charge in [-0.1, -0.05) is 23.3 Å². The monoisotopic (exact) mass is 390 g/mol. The molecule has 148 valence electrons. The Bertz CT molecular complexity index is 998. The summed E-state index contributed by atoms with van der Waals surface area (Å²) in [5.41, 5.74) is 1.49. The predicted octanol–water partition coefficient (Wildman–Crippen LogP) is 2.84. The van der Waals surface area contributed by atoms with E-state index in [2.05, 4.69) is 26.5 Å².